The lowest BCUT2D eigenvalue weighted by molar-refractivity contribution is -0.144. The molecule has 0 aromatic carbocycles. The monoisotopic (exact) mass is 354 g/mol. The number of carbonyl (C=O) groups excluding carboxylic acids is 2. The molecule has 0 aliphatic carbocycles. The third kappa shape index (κ3) is 29.0. The summed E-state index contributed by atoms with van der Waals surface area (Å²) in [5, 5.41) is 24.0. The van der Waals surface area contributed by atoms with Crippen LogP contribution >= 0.6 is 0 Å². The minimum atomic E-state index is -0.954. The number of ether oxygens (including phenoxy) is 3. The van der Waals surface area contributed by atoms with Gasteiger partial charge in [-0.2, -0.15) is 0 Å². The average Bonchev–Trinajstić information content (AvgIpc) is 2.54. The van der Waals surface area contributed by atoms with E-state index in [2.05, 4.69) is 4.74 Å². The molecule has 0 bridgehead atoms. The summed E-state index contributed by atoms with van der Waals surface area (Å²) in [5.41, 5.74) is 0. The van der Waals surface area contributed by atoms with Crippen LogP contribution in [0.1, 0.15) is 47.5 Å². The Morgan fingerprint density at radius 1 is 0.917 bits per heavy atom. The molecule has 8 nitrogen and oxygen atoms in total. The Hall–Kier alpha value is -1.06. The molecular formula is C16H34O8. The molecule has 0 atom stereocenters. The van der Waals surface area contributed by atoms with Crippen molar-refractivity contribution in [1.82, 2.24) is 0 Å². The predicted molar refractivity (Wildman–Crippen MR) is 89.4 cm³/mol. The van der Waals surface area contributed by atoms with Crippen molar-refractivity contribution >= 4 is 11.8 Å². The number of Topliss-reactive ketones (excluding diaryl/α,β-unsaturated/α-hetero) is 1. The zero-order chi connectivity index (χ0) is 19.4. The minimum Gasteiger partial charge on any atom is -0.466 e. The highest BCUT2D eigenvalue weighted by Crippen LogP contribution is 1.93. The second-order valence-electron chi connectivity index (χ2n) is 4.50. The first kappa shape index (κ1) is 27.8. The molecule has 0 fully saturated rings. The van der Waals surface area contributed by atoms with Crippen LogP contribution in [0.25, 0.3) is 0 Å². The molecule has 0 aromatic rings. The van der Waals surface area contributed by atoms with E-state index in [1.54, 1.807) is 6.92 Å². The van der Waals surface area contributed by atoms with Crippen LogP contribution in [-0.2, 0) is 23.8 Å². The molecule has 0 radical (unpaired) electrons. The molecule has 24 heavy (non-hydrogen) atoms. The maximum atomic E-state index is 10.6. The molecule has 146 valence electrons. The van der Waals surface area contributed by atoms with Gasteiger partial charge in [0.1, 0.15) is 11.9 Å². The summed E-state index contributed by atoms with van der Waals surface area (Å²) in [6.07, 6.45) is -0.489. The van der Waals surface area contributed by atoms with E-state index in [9.17, 15) is 9.59 Å². The van der Waals surface area contributed by atoms with Crippen LogP contribution in [0.15, 0.2) is 0 Å². The molecule has 3 N–H and O–H groups in total. The lowest BCUT2D eigenvalue weighted by atomic mass is 10.2. The van der Waals surface area contributed by atoms with E-state index in [0.29, 0.717) is 13.0 Å². The Morgan fingerprint density at radius 2 is 1.38 bits per heavy atom. The van der Waals surface area contributed by atoms with Crippen LogP contribution in [0.4, 0.5) is 0 Å². The van der Waals surface area contributed by atoms with Crippen LogP contribution in [0.2, 0.25) is 0 Å². The van der Waals surface area contributed by atoms with Crippen LogP contribution in [0.5, 0.6) is 0 Å². The maximum Gasteiger partial charge on any atom is 0.306 e. The highest BCUT2D eigenvalue weighted by atomic mass is 16.7. The molecule has 0 amide bonds. The van der Waals surface area contributed by atoms with Crippen molar-refractivity contribution in [3.05, 3.63) is 0 Å². The lowest BCUT2D eigenvalue weighted by Gasteiger charge is -2.09. The largest absolute Gasteiger partial charge is 0.466 e. The molecule has 0 rings (SSSR count). The SMILES string of the molecule is CCOC(=O)CCC(C)=O.CCOC(C)OCC.OCC(O)CO. The van der Waals surface area contributed by atoms with Gasteiger partial charge in [0.2, 0.25) is 0 Å². The summed E-state index contributed by atoms with van der Waals surface area (Å²) in [7, 11) is 0. The molecule has 0 aliphatic rings. The summed E-state index contributed by atoms with van der Waals surface area (Å²) in [6.45, 7) is 10.1. The topological polar surface area (TPSA) is 123 Å². The fraction of sp³-hybridized carbons (Fsp3) is 0.875. The fourth-order valence-electron chi connectivity index (χ4n) is 1.09. The highest BCUT2D eigenvalue weighted by molar-refractivity contribution is 5.80. The Bertz CT molecular complexity index is 273. The normalized spacial score (nSPS) is 9.75. The van der Waals surface area contributed by atoms with Crippen molar-refractivity contribution in [2.24, 2.45) is 0 Å². The van der Waals surface area contributed by atoms with Crippen molar-refractivity contribution in [1.29, 1.82) is 0 Å². The minimum absolute atomic E-state index is 0.0213. The van der Waals surface area contributed by atoms with E-state index < -0.39 is 6.10 Å². The number of hydrogen-bond acceptors (Lipinski definition) is 8. The van der Waals surface area contributed by atoms with Gasteiger partial charge in [0.25, 0.3) is 0 Å². The van der Waals surface area contributed by atoms with Crippen LogP contribution in [-0.4, -0.2) is 72.5 Å². The van der Waals surface area contributed by atoms with Gasteiger partial charge in [-0.05, 0) is 34.6 Å². The number of aliphatic hydroxyl groups excluding tert-OH is 3. The zero-order valence-corrected chi connectivity index (χ0v) is 15.5. The van der Waals surface area contributed by atoms with Crippen molar-refractivity contribution < 1.29 is 39.1 Å². The standard InChI is InChI=1S/C7H12O3.C6H14O2.C3H8O3/c1-3-10-7(9)5-4-6(2)8;1-4-7-6(3)8-5-2;4-1-3(6)2-5/h3-5H2,1-2H3;6H,4-5H2,1-3H3;3-6H,1-2H2. The predicted octanol–water partition coefficient (Wildman–Crippen LogP) is 0.656. The molecule has 0 aliphatic heterocycles. The summed E-state index contributed by atoms with van der Waals surface area (Å²) < 4.78 is 14.7. The molecule has 0 heterocycles. The van der Waals surface area contributed by atoms with Gasteiger partial charge in [0, 0.05) is 19.6 Å². The third-order valence-corrected chi connectivity index (χ3v) is 2.21. The van der Waals surface area contributed by atoms with Gasteiger partial charge in [0.15, 0.2) is 6.29 Å². The molecule has 0 spiro atoms. The Labute approximate surface area is 144 Å². The van der Waals surface area contributed by atoms with E-state index >= 15 is 0 Å². The molecular weight excluding hydrogens is 320 g/mol. The summed E-state index contributed by atoms with van der Waals surface area (Å²) in [5.74, 6) is -0.272. The van der Waals surface area contributed by atoms with E-state index in [1.807, 2.05) is 20.8 Å². The average molecular weight is 354 g/mol. The van der Waals surface area contributed by atoms with E-state index in [4.69, 9.17) is 24.8 Å². The first-order chi connectivity index (χ1) is 11.3. The van der Waals surface area contributed by atoms with Crippen molar-refractivity contribution in [3.8, 4) is 0 Å². The van der Waals surface area contributed by atoms with Crippen LogP contribution < -0.4 is 0 Å². The lowest BCUT2D eigenvalue weighted by Crippen LogP contribution is -2.15. The summed E-state index contributed by atoms with van der Waals surface area (Å²) in [4.78, 5) is 20.9. The molecule has 0 saturated carbocycles. The number of aliphatic hydroxyl groups is 3. The van der Waals surface area contributed by atoms with Gasteiger partial charge in [-0.1, -0.05) is 0 Å². The first-order valence-corrected chi connectivity index (χ1v) is 8.06. The highest BCUT2D eigenvalue weighted by Gasteiger charge is 2.02. The van der Waals surface area contributed by atoms with E-state index in [0.717, 1.165) is 13.2 Å². The van der Waals surface area contributed by atoms with Crippen LogP contribution in [0.3, 0.4) is 0 Å². The van der Waals surface area contributed by atoms with Gasteiger partial charge < -0.3 is 34.3 Å². The van der Waals surface area contributed by atoms with E-state index in [-0.39, 0.29) is 37.7 Å². The number of ketones is 1. The number of carbonyl (C=O) groups is 2. The Kier molecular flexibility index (Phi) is 25.4. The maximum absolute atomic E-state index is 10.6. The van der Waals surface area contributed by atoms with Gasteiger partial charge in [-0.3, -0.25) is 4.79 Å². The zero-order valence-electron chi connectivity index (χ0n) is 15.5. The second kappa shape index (κ2) is 21.9. The molecule has 0 aromatic heterocycles. The number of rotatable bonds is 10. The Balaban J connectivity index is -0.000000285. The Morgan fingerprint density at radius 3 is 1.62 bits per heavy atom. The summed E-state index contributed by atoms with van der Waals surface area (Å²) in [6, 6.07) is 0. The molecule has 0 saturated heterocycles. The first-order valence-electron chi connectivity index (χ1n) is 8.06. The van der Waals surface area contributed by atoms with Gasteiger partial charge in [0.05, 0.1) is 26.2 Å². The van der Waals surface area contributed by atoms with Gasteiger partial charge >= 0.3 is 5.97 Å². The van der Waals surface area contributed by atoms with Crippen molar-refractivity contribution in [2.45, 2.75) is 59.9 Å². The molecule has 8 heteroatoms. The van der Waals surface area contributed by atoms with Crippen LogP contribution in [0, 0.1) is 0 Å². The van der Waals surface area contributed by atoms with Gasteiger partial charge in [-0.25, -0.2) is 0 Å². The van der Waals surface area contributed by atoms with Crippen molar-refractivity contribution in [2.75, 3.05) is 33.0 Å². The second-order valence-corrected chi connectivity index (χ2v) is 4.50. The smallest absolute Gasteiger partial charge is 0.306 e. The van der Waals surface area contributed by atoms with E-state index in [1.165, 1.54) is 6.92 Å². The number of esters is 1. The fourth-order valence-corrected chi connectivity index (χ4v) is 1.09. The van der Waals surface area contributed by atoms with Crippen molar-refractivity contribution in [3.63, 3.8) is 0 Å². The molecule has 0 unspecified atom stereocenters. The number of hydrogen-bond donors (Lipinski definition) is 3. The quantitative estimate of drug-likeness (QED) is 0.386. The van der Waals surface area contributed by atoms with Gasteiger partial charge in [-0.15, -0.1) is 0 Å². The third-order valence-electron chi connectivity index (χ3n) is 2.21. The summed E-state index contributed by atoms with van der Waals surface area (Å²) >= 11 is 0.